The Morgan fingerprint density at radius 3 is 2.41 bits per heavy atom. The third-order valence-electron chi connectivity index (χ3n) is 4.72. The highest BCUT2D eigenvalue weighted by atomic mass is 32.2. The van der Waals surface area contributed by atoms with Gasteiger partial charge in [0.15, 0.2) is 0 Å². The number of methoxy groups -OCH3 is 1. The molecule has 2 aromatic rings. The summed E-state index contributed by atoms with van der Waals surface area (Å²) in [4.78, 5) is 10.8. The maximum absolute atomic E-state index is 12.7. The van der Waals surface area contributed by atoms with Crippen LogP contribution in [0.3, 0.4) is 0 Å². The van der Waals surface area contributed by atoms with Gasteiger partial charge < -0.3 is 4.74 Å². The fraction of sp³-hybridized carbons (Fsp3) is 0.316. The maximum atomic E-state index is 12.7. The van der Waals surface area contributed by atoms with Crippen molar-refractivity contribution < 1.29 is 18.1 Å². The van der Waals surface area contributed by atoms with Gasteiger partial charge in [0.25, 0.3) is 5.69 Å². The Morgan fingerprint density at radius 2 is 1.83 bits per heavy atom. The second kappa shape index (κ2) is 8.58. The number of nitro benzene ring substituents is 1. The lowest BCUT2D eigenvalue weighted by molar-refractivity contribution is -0.384. The van der Waals surface area contributed by atoms with Gasteiger partial charge in [-0.1, -0.05) is 0 Å². The van der Waals surface area contributed by atoms with Crippen molar-refractivity contribution in [1.29, 1.82) is 0 Å². The summed E-state index contributed by atoms with van der Waals surface area (Å²) in [5, 5.41) is 15.7. The van der Waals surface area contributed by atoms with Crippen LogP contribution in [0.2, 0.25) is 0 Å². The highest BCUT2D eigenvalue weighted by molar-refractivity contribution is 7.89. The Morgan fingerprint density at radius 1 is 1.17 bits per heavy atom. The van der Waals surface area contributed by atoms with Crippen molar-refractivity contribution in [3.05, 3.63) is 58.1 Å². The van der Waals surface area contributed by atoms with E-state index < -0.39 is 14.9 Å². The molecule has 1 N–H and O–H groups in total. The molecule has 3 rings (SSSR count). The van der Waals surface area contributed by atoms with Gasteiger partial charge in [-0.25, -0.2) is 8.42 Å². The Bertz CT molecular complexity index is 1030. The Balaban J connectivity index is 1.86. The van der Waals surface area contributed by atoms with Crippen LogP contribution in [0, 0.1) is 10.1 Å². The zero-order valence-electron chi connectivity index (χ0n) is 16.2. The SMILES string of the molecule is COc1ccc(C(C)=NNc2ccc(S(=O)(=O)N3CCCC3)cc2[N+](=O)[O-])cc1. The zero-order valence-corrected chi connectivity index (χ0v) is 17.0. The minimum absolute atomic E-state index is 0.0903. The van der Waals surface area contributed by atoms with Crippen molar-refractivity contribution in [2.45, 2.75) is 24.7 Å². The highest BCUT2D eigenvalue weighted by Gasteiger charge is 2.29. The fourth-order valence-electron chi connectivity index (χ4n) is 3.04. The third kappa shape index (κ3) is 4.54. The summed E-state index contributed by atoms with van der Waals surface area (Å²) in [6.45, 7) is 2.62. The van der Waals surface area contributed by atoms with E-state index in [0.29, 0.717) is 24.6 Å². The van der Waals surface area contributed by atoms with E-state index in [1.54, 1.807) is 26.2 Å². The normalized spacial score (nSPS) is 15.3. The molecule has 1 aliphatic heterocycles. The van der Waals surface area contributed by atoms with Crippen LogP contribution in [0.15, 0.2) is 52.5 Å². The summed E-state index contributed by atoms with van der Waals surface area (Å²) in [5.41, 5.74) is 3.86. The van der Waals surface area contributed by atoms with Crippen LogP contribution in [0.5, 0.6) is 5.75 Å². The summed E-state index contributed by atoms with van der Waals surface area (Å²) < 4.78 is 31.8. The molecular weight excluding hydrogens is 396 g/mol. The minimum atomic E-state index is -3.74. The van der Waals surface area contributed by atoms with Gasteiger partial charge in [-0.2, -0.15) is 9.41 Å². The van der Waals surface area contributed by atoms with Crippen molar-refractivity contribution in [1.82, 2.24) is 4.31 Å². The Labute approximate surface area is 169 Å². The number of rotatable bonds is 7. The molecule has 2 aromatic carbocycles. The summed E-state index contributed by atoms with van der Waals surface area (Å²) in [6.07, 6.45) is 1.58. The smallest absolute Gasteiger partial charge is 0.295 e. The second-order valence-corrected chi connectivity index (χ2v) is 8.52. The van der Waals surface area contributed by atoms with Gasteiger partial charge in [-0.15, -0.1) is 0 Å². The fourth-order valence-corrected chi connectivity index (χ4v) is 4.57. The molecule has 0 aromatic heterocycles. The molecule has 0 radical (unpaired) electrons. The number of ether oxygens (including phenoxy) is 1. The standard InChI is InChI=1S/C19H22N4O5S/c1-14(15-5-7-16(28-2)8-6-15)20-21-18-10-9-17(13-19(18)23(24)25)29(26,27)22-11-3-4-12-22/h5-10,13,21H,3-4,11-12H2,1-2H3. The Hall–Kier alpha value is -2.98. The number of hydrazone groups is 1. The van der Waals surface area contributed by atoms with Gasteiger partial charge >= 0.3 is 0 Å². The van der Waals surface area contributed by atoms with Crippen LogP contribution in [-0.4, -0.2) is 43.6 Å². The molecule has 9 nitrogen and oxygen atoms in total. The van der Waals surface area contributed by atoms with E-state index in [2.05, 4.69) is 10.5 Å². The van der Waals surface area contributed by atoms with E-state index in [1.165, 1.54) is 16.4 Å². The van der Waals surface area contributed by atoms with Crippen LogP contribution >= 0.6 is 0 Å². The van der Waals surface area contributed by atoms with Gasteiger partial charge in [-0.3, -0.25) is 15.5 Å². The third-order valence-corrected chi connectivity index (χ3v) is 6.62. The number of anilines is 1. The monoisotopic (exact) mass is 418 g/mol. The van der Waals surface area contributed by atoms with E-state index >= 15 is 0 Å². The molecule has 0 amide bonds. The van der Waals surface area contributed by atoms with E-state index in [1.807, 2.05) is 12.1 Å². The number of sulfonamides is 1. The molecule has 0 saturated carbocycles. The lowest BCUT2D eigenvalue weighted by atomic mass is 10.1. The van der Waals surface area contributed by atoms with Crippen molar-refractivity contribution >= 4 is 27.1 Å². The molecule has 1 aliphatic rings. The van der Waals surface area contributed by atoms with Crippen molar-refractivity contribution in [2.75, 3.05) is 25.6 Å². The molecule has 1 heterocycles. The second-order valence-electron chi connectivity index (χ2n) is 6.58. The van der Waals surface area contributed by atoms with Crippen molar-refractivity contribution in [3.63, 3.8) is 0 Å². The molecular formula is C19H22N4O5S. The Kier molecular flexibility index (Phi) is 6.14. The molecule has 154 valence electrons. The predicted octanol–water partition coefficient (Wildman–Crippen LogP) is 3.22. The average Bonchev–Trinajstić information content (AvgIpc) is 3.27. The molecule has 29 heavy (non-hydrogen) atoms. The van der Waals surface area contributed by atoms with Crippen molar-refractivity contribution in [2.24, 2.45) is 5.10 Å². The molecule has 10 heteroatoms. The van der Waals surface area contributed by atoms with Gasteiger partial charge in [0.05, 0.1) is 22.6 Å². The summed E-state index contributed by atoms with van der Waals surface area (Å²) >= 11 is 0. The van der Waals surface area contributed by atoms with E-state index in [-0.39, 0.29) is 16.3 Å². The number of benzene rings is 2. The highest BCUT2D eigenvalue weighted by Crippen LogP contribution is 2.30. The first-order chi connectivity index (χ1) is 13.8. The summed E-state index contributed by atoms with van der Waals surface area (Å²) in [7, 11) is -2.17. The van der Waals surface area contributed by atoms with Gasteiger partial charge in [0.1, 0.15) is 11.4 Å². The molecule has 1 saturated heterocycles. The average molecular weight is 418 g/mol. The molecule has 0 bridgehead atoms. The van der Waals surface area contributed by atoms with E-state index in [9.17, 15) is 18.5 Å². The molecule has 1 fully saturated rings. The molecule has 0 atom stereocenters. The number of hydrogen-bond donors (Lipinski definition) is 1. The predicted molar refractivity (Wildman–Crippen MR) is 110 cm³/mol. The quantitative estimate of drug-likeness (QED) is 0.419. The first-order valence-corrected chi connectivity index (χ1v) is 10.5. The maximum Gasteiger partial charge on any atom is 0.295 e. The number of hydrogen-bond acceptors (Lipinski definition) is 7. The van der Waals surface area contributed by atoms with Gasteiger partial charge in [-0.05, 0) is 61.7 Å². The van der Waals surface area contributed by atoms with Crippen LogP contribution in [0.1, 0.15) is 25.3 Å². The zero-order chi connectivity index (χ0) is 21.0. The number of nitro groups is 1. The first kappa shape index (κ1) is 20.7. The van der Waals surface area contributed by atoms with E-state index in [0.717, 1.165) is 24.5 Å². The molecule has 0 unspecified atom stereocenters. The number of nitrogens with zero attached hydrogens (tertiary/aromatic N) is 3. The van der Waals surface area contributed by atoms with Crippen LogP contribution in [0.25, 0.3) is 0 Å². The summed E-state index contributed by atoms with van der Waals surface area (Å²) in [5.74, 6) is 0.708. The van der Waals surface area contributed by atoms with Gasteiger partial charge in [0.2, 0.25) is 10.0 Å². The topological polar surface area (TPSA) is 114 Å². The molecule has 0 aliphatic carbocycles. The van der Waals surface area contributed by atoms with Gasteiger partial charge in [0, 0.05) is 19.2 Å². The summed E-state index contributed by atoms with van der Waals surface area (Å²) in [6, 6.07) is 11.0. The molecule has 0 spiro atoms. The van der Waals surface area contributed by atoms with E-state index in [4.69, 9.17) is 4.74 Å². The first-order valence-electron chi connectivity index (χ1n) is 9.06. The lowest BCUT2D eigenvalue weighted by Gasteiger charge is -2.15. The van der Waals surface area contributed by atoms with Crippen molar-refractivity contribution in [3.8, 4) is 5.75 Å². The number of nitrogens with one attached hydrogen (secondary N) is 1. The minimum Gasteiger partial charge on any atom is -0.497 e. The lowest BCUT2D eigenvalue weighted by Crippen LogP contribution is -2.27. The largest absolute Gasteiger partial charge is 0.497 e. The van der Waals surface area contributed by atoms with Crippen LogP contribution < -0.4 is 10.2 Å². The van der Waals surface area contributed by atoms with Crippen LogP contribution in [0.4, 0.5) is 11.4 Å². The van der Waals surface area contributed by atoms with Crippen LogP contribution in [-0.2, 0) is 10.0 Å².